The highest BCUT2D eigenvalue weighted by atomic mass is 16.5. The van der Waals surface area contributed by atoms with Crippen molar-refractivity contribution in [3.8, 4) is 0 Å². The summed E-state index contributed by atoms with van der Waals surface area (Å²) in [4.78, 5) is 11.5. The van der Waals surface area contributed by atoms with Gasteiger partial charge in [0.1, 0.15) is 5.82 Å². The number of aromatic nitrogens is 4. The van der Waals surface area contributed by atoms with Crippen LogP contribution in [0.5, 0.6) is 0 Å². The van der Waals surface area contributed by atoms with Crippen molar-refractivity contribution in [3.05, 3.63) is 41.8 Å². The molecule has 1 N–H and O–H groups in total. The second kappa shape index (κ2) is 5.64. The average molecular weight is 339 g/mol. The van der Waals surface area contributed by atoms with Crippen LogP contribution in [-0.4, -0.2) is 42.3 Å². The smallest absolute Gasteiger partial charge is 0.244 e. The van der Waals surface area contributed by atoms with E-state index < -0.39 is 0 Å². The van der Waals surface area contributed by atoms with Crippen LogP contribution in [-0.2, 0) is 13.6 Å². The molecule has 2 aliphatic rings. The molecule has 2 atom stereocenters. The van der Waals surface area contributed by atoms with E-state index in [1.807, 2.05) is 25.2 Å². The Morgan fingerprint density at radius 2 is 2.08 bits per heavy atom. The van der Waals surface area contributed by atoms with Crippen molar-refractivity contribution in [2.24, 2.45) is 7.05 Å². The number of fused-ring (bicyclic) bond motifs is 1. The van der Waals surface area contributed by atoms with Crippen LogP contribution in [0.1, 0.15) is 48.8 Å². The van der Waals surface area contributed by atoms with E-state index in [1.165, 1.54) is 0 Å². The minimum Gasteiger partial charge on any atom is -0.392 e. The first-order valence-corrected chi connectivity index (χ1v) is 8.85. The molecule has 2 aromatic heterocycles. The van der Waals surface area contributed by atoms with E-state index >= 15 is 0 Å². The Hall–Kier alpha value is -2.25. The van der Waals surface area contributed by atoms with Crippen molar-refractivity contribution < 1.29 is 9.63 Å². The van der Waals surface area contributed by atoms with E-state index in [1.54, 1.807) is 0 Å². The lowest BCUT2D eigenvalue weighted by molar-refractivity contribution is 0.167. The fourth-order valence-corrected chi connectivity index (χ4v) is 3.72. The average Bonchev–Trinajstić information content (AvgIpc) is 3.10. The van der Waals surface area contributed by atoms with Gasteiger partial charge in [0.2, 0.25) is 5.89 Å². The Morgan fingerprint density at radius 1 is 1.24 bits per heavy atom. The fraction of sp³-hybridized carbons (Fsp3) is 0.500. The molecule has 25 heavy (non-hydrogen) atoms. The standard InChI is InChI=1S/C18H21N5O2/c1-22-14-5-3-2-4-13(14)19-16(22)10-23-9-12(24)8-15(23)18-20-17(21-25-18)11-6-7-11/h2-5,11-12,15,24H,6-10H2,1H3. The van der Waals surface area contributed by atoms with Gasteiger partial charge in [-0.3, -0.25) is 4.90 Å². The minimum atomic E-state index is -0.379. The monoisotopic (exact) mass is 339 g/mol. The van der Waals surface area contributed by atoms with Crippen LogP contribution in [0.4, 0.5) is 0 Å². The van der Waals surface area contributed by atoms with E-state index in [-0.39, 0.29) is 12.1 Å². The summed E-state index contributed by atoms with van der Waals surface area (Å²) in [6.07, 6.45) is 2.54. The summed E-state index contributed by atoms with van der Waals surface area (Å²) in [6.45, 7) is 1.24. The molecule has 0 spiro atoms. The SMILES string of the molecule is Cn1c(CN2CC(O)CC2c2nc(C3CC3)no2)nc2ccccc21. The second-order valence-corrected chi connectivity index (χ2v) is 7.18. The second-order valence-electron chi connectivity index (χ2n) is 7.18. The molecule has 7 heteroatoms. The molecule has 7 nitrogen and oxygen atoms in total. The van der Waals surface area contributed by atoms with Gasteiger partial charge in [0.05, 0.1) is 29.7 Å². The molecule has 2 unspecified atom stereocenters. The maximum absolute atomic E-state index is 10.2. The predicted octanol–water partition coefficient (Wildman–Crippen LogP) is 2.14. The van der Waals surface area contributed by atoms with Crippen LogP contribution in [0.25, 0.3) is 11.0 Å². The molecule has 2 fully saturated rings. The van der Waals surface area contributed by atoms with Gasteiger partial charge in [0.25, 0.3) is 0 Å². The molecule has 1 saturated heterocycles. The van der Waals surface area contributed by atoms with Gasteiger partial charge in [-0.1, -0.05) is 17.3 Å². The van der Waals surface area contributed by atoms with Crippen molar-refractivity contribution in [1.82, 2.24) is 24.6 Å². The molecule has 3 aromatic rings. The molecule has 0 bridgehead atoms. The number of nitrogens with zero attached hydrogens (tertiary/aromatic N) is 5. The maximum atomic E-state index is 10.2. The molecule has 1 aromatic carbocycles. The van der Waals surface area contributed by atoms with Gasteiger partial charge in [-0.25, -0.2) is 4.98 Å². The van der Waals surface area contributed by atoms with E-state index in [0.717, 1.165) is 35.5 Å². The quantitative estimate of drug-likeness (QED) is 0.784. The molecule has 0 amide bonds. The Labute approximate surface area is 145 Å². The molecule has 5 rings (SSSR count). The summed E-state index contributed by atoms with van der Waals surface area (Å²) < 4.78 is 7.63. The van der Waals surface area contributed by atoms with Crippen LogP contribution in [0.15, 0.2) is 28.8 Å². The lowest BCUT2D eigenvalue weighted by Gasteiger charge is -2.20. The first-order valence-electron chi connectivity index (χ1n) is 8.85. The summed E-state index contributed by atoms with van der Waals surface area (Å²) in [5.41, 5.74) is 2.10. The molecule has 1 saturated carbocycles. The summed E-state index contributed by atoms with van der Waals surface area (Å²) in [5.74, 6) is 2.88. The van der Waals surface area contributed by atoms with Crippen LogP contribution in [0.3, 0.4) is 0 Å². The van der Waals surface area contributed by atoms with Gasteiger partial charge in [-0.15, -0.1) is 0 Å². The molecule has 1 aliphatic carbocycles. The van der Waals surface area contributed by atoms with Crippen LogP contribution in [0.2, 0.25) is 0 Å². The molecular weight excluding hydrogens is 318 g/mol. The van der Waals surface area contributed by atoms with E-state index in [2.05, 4.69) is 25.7 Å². The van der Waals surface area contributed by atoms with Gasteiger partial charge < -0.3 is 14.2 Å². The van der Waals surface area contributed by atoms with E-state index in [0.29, 0.717) is 31.3 Å². The number of hydrogen-bond donors (Lipinski definition) is 1. The summed E-state index contributed by atoms with van der Waals surface area (Å²) >= 11 is 0. The van der Waals surface area contributed by atoms with Crippen molar-refractivity contribution in [2.75, 3.05) is 6.54 Å². The van der Waals surface area contributed by atoms with Crippen molar-refractivity contribution in [1.29, 1.82) is 0 Å². The number of aliphatic hydroxyl groups is 1. The number of aryl methyl sites for hydroxylation is 1. The summed E-state index contributed by atoms with van der Waals surface area (Å²) in [7, 11) is 2.03. The van der Waals surface area contributed by atoms with Crippen molar-refractivity contribution in [3.63, 3.8) is 0 Å². The van der Waals surface area contributed by atoms with Crippen LogP contribution < -0.4 is 0 Å². The third-order valence-electron chi connectivity index (χ3n) is 5.29. The largest absolute Gasteiger partial charge is 0.392 e. The van der Waals surface area contributed by atoms with Gasteiger partial charge in [0, 0.05) is 19.5 Å². The molecule has 130 valence electrons. The lowest BCUT2D eigenvalue weighted by atomic mass is 10.2. The number of benzene rings is 1. The first kappa shape index (κ1) is 15.0. The highest BCUT2D eigenvalue weighted by Gasteiger charge is 2.38. The number of aliphatic hydroxyl groups excluding tert-OH is 1. The Morgan fingerprint density at radius 3 is 2.88 bits per heavy atom. The van der Waals surface area contributed by atoms with Crippen LogP contribution in [0, 0.1) is 0 Å². The first-order chi connectivity index (χ1) is 12.2. The van der Waals surface area contributed by atoms with E-state index in [9.17, 15) is 5.11 Å². The normalized spacial score (nSPS) is 24.4. The molecular formula is C18H21N5O2. The third kappa shape index (κ3) is 2.63. The molecule has 3 heterocycles. The lowest BCUT2D eigenvalue weighted by Crippen LogP contribution is -2.26. The minimum absolute atomic E-state index is 0.0465. The fourth-order valence-electron chi connectivity index (χ4n) is 3.72. The van der Waals surface area contributed by atoms with Gasteiger partial charge in [0.15, 0.2) is 5.82 Å². The Balaban J connectivity index is 1.43. The van der Waals surface area contributed by atoms with E-state index in [4.69, 9.17) is 9.51 Å². The van der Waals surface area contributed by atoms with Gasteiger partial charge in [-0.05, 0) is 31.4 Å². The summed E-state index contributed by atoms with van der Waals surface area (Å²) in [6, 6.07) is 8.07. The van der Waals surface area contributed by atoms with Gasteiger partial charge >= 0.3 is 0 Å². The topological polar surface area (TPSA) is 80.2 Å². The number of hydrogen-bond acceptors (Lipinski definition) is 6. The number of likely N-dealkylation sites (tertiary alicyclic amines) is 1. The van der Waals surface area contributed by atoms with Crippen LogP contribution >= 0.6 is 0 Å². The van der Waals surface area contributed by atoms with Crippen molar-refractivity contribution in [2.45, 2.75) is 43.9 Å². The highest BCUT2D eigenvalue weighted by molar-refractivity contribution is 5.75. The molecule has 0 radical (unpaired) electrons. The zero-order valence-electron chi connectivity index (χ0n) is 14.2. The summed E-state index contributed by atoms with van der Waals surface area (Å²) in [5, 5.41) is 14.3. The van der Waals surface area contributed by atoms with Crippen molar-refractivity contribution >= 4 is 11.0 Å². The molecule has 1 aliphatic heterocycles. The number of para-hydroxylation sites is 2. The predicted molar refractivity (Wildman–Crippen MR) is 90.8 cm³/mol. The third-order valence-corrected chi connectivity index (χ3v) is 5.29. The number of imidazole rings is 1. The zero-order valence-corrected chi connectivity index (χ0v) is 14.2. The highest BCUT2D eigenvalue weighted by Crippen LogP contribution is 2.40. The zero-order chi connectivity index (χ0) is 17.0. The van der Waals surface area contributed by atoms with Gasteiger partial charge in [-0.2, -0.15) is 4.98 Å². The maximum Gasteiger partial charge on any atom is 0.244 e. The Kier molecular flexibility index (Phi) is 3.39. The number of β-amino-alcohol motifs (C(OH)–C–C–N with tert-alkyl or cyclic N) is 1. The Bertz CT molecular complexity index is 913. The number of rotatable bonds is 4.